The van der Waals surface area contributed by atoms with Gasteiger partial charge < -0.3 is 15.2 Å². The molecule has 0 fully saturated rings. The molecule has 0 aliphatic heterocycles. The SMILES string of the molecule is O=C(NCc1ccon1)c1cc(NC(=O)c2cc(-c3ncccc3F)c(F)cc2Cl)n(-c2ccccc2)n1. The van der Waals surface area contributed by atoms with Gasteiger partial charge in [0.05, 0.1) is 22.8 Å². The zero-order valence-corrected chi connectivity index (χ0v) is 20.1. The zero-order chi connectivity index (χ0) is 26.6. The van der Waals surface area contributed by atoms with Crippen LogP contribution in [0.3, 0.4) is 0 Å². The number of amides is 2. The molecular formula is C26H17ClF2N6O3. The van der Waals surface area contributed by atoms with Gasteiger partial charge in [0.25, 0.3) is 11.8 Å². The summed E-state index contributed by atoms with van der Waals surface area (Å²) in [6.45, 7) is 0.104. The molecule has 0 radical (unpaired) electrons. The van der Waals surface area contributed by atoms with Gasteiger partial charge in [0.15, 0.2) is 5.69 Å². The smallest absolute Gasteiger partial charge is 0.272 e. The van der Waals surface area contributed by atoms with E-state index in [0.29, 0.717) is 11.4 Å². The second-order valence-corrected chi connectivity index (χ2v) is 8.34. The third-order valence-electron chi connectivity index (χ3n) is 5.42. The first-order valence-corrected chi connectivity index (χ1v) is 11.5. The summed E-state index contributed by atoms with van der Waals surface area (Å²) in [4.78, 5) is 29.9. The molecule has 9 nitrogen and oxygen atoms in total. The van der Waals surface area contributed by atoms with Gasteiger partial charge >= 0.3 is 0 Å². The number of benzene rings is 2. The Labute approximate surface area is 219 Å². The number of carbonyl (C=O) groups is 2. The van der Waals surface area contributed by atoms with Crippen LogP contribution in [0, 0.1) is 11.6 Å². The Hall–Kier alpha value is -4.90. The highest BCUT2D eigenvalue weighted by Gasteiger charge is 2.22. The zero-order valence-electron chi connectivity index (χ0n) is 19.4. The number of hydrogen-bond donors (Lipinski definition) is 2. The second-order valence-electron chi connectivity index (χ2n) is 7.94. The first-order chi connectivity index (χ1) is 18.4. The molecular weight excluding hydrogens is 518 g/mol. The number of para-hydroxylation sites is 1. The Morgan fingerprint density at radius 1 is 0.974 bits per heavy atom. The third-order valence-corrected chi connectivity index (χ3v) is 5.73. The van der Waals surface area contributed by atoms with Crippen LogP contribution in [-0.2, 0) is 6.54 Å². The number of hydrogen-bond acceptors (Lipinski definition) is 6. The number of aromatic nitrogens is 4. The Morgan fingerprint density at radius 2 is 1.79 bits per heavy atom. The van der Waals surface area contributed by atoms with Crippen molar-refractivity contribution in [3.63, 3.8) is 0 Å². The number of nitrogens with one attached hydrogen (secondary N) is 2. The van der Waals surface area contributed by atoms with Crippen molar-refractivity contribution in [2.75, 3.05) is 5.32 Å². The maximum Gasteiger partial charge on any atom is 0.272 e. The quantitative estimate of drug-likeness (QED) is 0.302. The Morgan fingerprint density at radius 3 is 2.53 bits per heavy atom. The molecule has 5 aromatic rings. The normalized spacial score (nSPS) is 10.8. The summed E-state index contributed by atoms with van der Waals surface area (Å²) in [5.41, 5.74) is 0.443. The molecule has 0 aliphatic rings. The fourth-order valence-corrected chi connectivity index (χ4v) is 3.85. The summed E-state index contributed by atoms with van der Waals surface area (Å²) in [7, 11) is 0. The van der Waals surface area contributed by atoms with E-state index in [1.807, 2.05) is 0 Å². The lowest BCUT2D eigenvalue weighted by Crippen LogP contribution is -2.23. The van der Waals surface area contributed by atoms with E-state index in [0.717, 1.165) is 18.2 Å². The lowest BCUT2D eigenvalue weighted by molar-refractivity contribution is 0.0943. The molecule has 2 N–H and O–H groups in total. The van der Waals surface area contributed by atoms with Crippen LogP contribution in [0.25, 0.3) is 16.9 Å². The Bertz CT molecular complexity index is 1620. The van der Waals surface area contributed by atoms with Crippen LogP contribution in [0.15, 0.2) is 83.7 Å². The number of carbonyl (C=O) groups excluding carboxylic acids is 2. The lowest BCUT2D eigenvalue weighted by Gasteiger charge is -2.11. The summed E-state index contributed by atoms with van der Waals surface area (Å²) in [6, 6.07) is 16.3. The first kappa shape index (κ1) is 24.8. The fourth-order valence-electron chi connectivity index (χ4n) is 3.61. The molecule has 0 saturated carbocycles. The van der Waals surface area contributed by atoms with E-state index in [1.165, 1.54) is 29.3 Å². The van der Waals surface area contributed by atoms with Gasteiger partial charge in [-0.1, -0.05) is 35.0 Å². The van der Waals surface area contributed by atoms with Gasteiger partial charge in [0.2, 0.25) is 0 Å². The van der Waals surface area contributed by atoms with Gasteiger partial charge in [-0.05, 0) is 36.4 Å². The molecule has 3 heterocycles. The Kier molecular flexibility index (Phi) is 6.92. The number of rotatable bonds is 7. The van der Waals surface area contributed by atoms with E-state index < -0.39 is 23.4 Å². The topological polar surface area (TPSA) is 115 Å². The van der Waals surface area contributed by atoms with E-state index >= 15 is 0 Å². The molecule has 0 bridgehead atoms. The molecule has 190 valence electrons. The van der Waals surface area contributed by atoms with E-state index in [4.69, 9.17) is 16.1 Å². The minimum absolute atomic E-state index is 0.00842. The molecule has 38 heavy (non-hydrogen) atoms. The molecule has 0 spiro atoms. The predicted molar refractivity (Wildman–Crippen MR) is 134 cm³/mol. The first-order valence-electron chi connectivity index (χ1n) is 11.1. The highest BCUT2D eigenvalue weighted by Crippen LogP contribution is 2.30. The Balaban J connectivity index is 1.47. The summed E-state index contributed by atoms with van der Waals surface area (Å²) >= 11 is 6.18. The van der Waals surface area contributed by atoms with Crippen molar-refractivity contribution >= 4 is 29.2 Å². The van der Waals surface area contributed by atoms with Crippen LogP contribution in [0.1, 0.15) is 26.5 Å². The lowest BCUT2D eigenvalue weighted by atomic mass is 10.1. The fraction of sp³-hybridized carbons (Fsp3) is 0.0385. The second kappa shape index (κ2) is 10.6. The van der Waals surface area contributed by atoms with E-state index in [1.54, 1.807) is 36.4 Å². The van der Waals surface area contributed by atoms with E-state index in [-0.39, 0.29) is 39.9 Å². The maximum absolute atomic E-state index is 14.6. The third kappa shape index (κ3) is 5.13. The molecule has 0 aliphatic carbocycles. The predicted octanol–water partition coefficient (Wildman–Crippen LogP) is 5.04. The van der Waals surface area contributed by atoms with Gasteiger partial charge in [0, 0.05) is 23.9 Å². The molecule has 12 heteroatoms. The van der Waals surface area contributed by atoms with Gasteiger partial charge in [-0.3, -0.25) is 14.6 Å². The van der Waals surface area contributed by atoms with Crippen molar-refractivity contribution in [3.8, 4) is 16.9 Å². The van der Waals surface area contributed by atoms with Gasteiger partial charge in [-0.2, -0.15) is 5.10 Å². The molecule has 0 saturated heterocycles. The number of nitrogens with zero attached hydrogens (tertiary/aromatic N) is 4. The molecule has 2 aromatic carbocycles. The van der Waals surface area contributed by atoms with E-state index in [9.17, 15) is 18.4 Å². The van der Waals surface area contributed by atoms with Crippen LogP contribution in [0.2, 0.25) is 5.02 Å². The molecule has 0 atom stereocenters. The average Bonchev–Trinajstić information content (AvgIpc) is 3.59. The van der Waals surface area contributed by atoms with Crippen molar-refractivity contribution in [3.05, 3.63) is 113 Å². The highest BCUT2D eigenvalue weighted by molar-refractivity contribution is 6.34. The van der Waals surface area contributed by atoms with Gasteiger partial charge in [-0.15, -0.1) is 0 Å². The summed E-state index contributed by atoms with van der Waals surface area (Å²) in [6.07, 6.45) is 2.69. The highest BCUT2D eigenvalue weighted by atomic mass is 35.5. The maximum atomic E-state index is 14.6. The van der Waals surface area contributed by atoms with Gasteiger partial charge in [-0.25, -0.2) is 13.5 Å². The van der Waals surface area contributed by atoms with E-state index in [2.05, 4.69) is 25.9 Å². The van der Waals surface area contributed by atoms with Crippen molar-refractivity contribution in [2.24, 2.45) is 0 Å². The monoisotopic (exact) mass is 534 g/mol. The minimum Gasteiger partial charge on any atom is -0.364 e. The van der Waals surface area contributed by atoms with Crippen molar-refractivity contribution in [2.45, 2.75) is 6.54 Å². The molecule has 2 amide bonds. The van der Waals surface area contributed by atoms with Crippen LogP contribution >= 0.6 is 11.6 Å². The molecule has 0 unspecified atom stereocenters. The number of pyridine rings is 1. The minimum atomic E-state index is -0.843. The van der Waals surface area contributed by atoms with Crippen LogP contribution in [-0.4, -0.2) is 31.7 Å². The van der Waals surface area contributed by atoms with Crippen LogP contribution < -0.4 is 10.6 Å². The average molecular weight is 535 g/mol. The molecule has 5 rings (SSSR count). The van der Waals surface area contributed by atoms with Crippen molar-refractivity contribution in [1.29, 1.82) is 0 Å². The summed E-state index contributed by atoms with van der Waals surface area (Å²) < 4.78 is 35.0. The largest absolute Gasteiger partial charge is 0.364 e. The number of halogens is 3. The van der Waals surface area contributed by atoms with Gasteiger partial charge in [0.1, 0.15) is 35.1 Å². The van der Waals surface area contributed by atoms with Crippen LogP contribution in [0.5, 0.6) is 0 Å². The summed E-state index contributed by atoms with van der Waals surface area (Å²) in [5.74, 6) is -2.73. The molecule has 3 aromatic heterocycles. The van der Waals surface area contributed by atoms with Crippen molar-refractivity contribution < 1.29 is 22.9 Å². The summed E-state index contributed by atoms with van der Waals surface area (Å²) in [5, 5.41) is 13.2. The van der Waals surface area contributed by atoms with Crippen molar-refractivity contribution in [1.82, 2.24) is 25.2 Å². The standard InChI is InChI=1S/C26H17ClF2N6O3/c27-19-12-21(29)18(24-20(28)7-4-9-30-24)11-17(19)25(36)32-23-13-22(26(37)31-14-15-8-10-38-34-15)33-35(23)16-5-2-1-3-6-16/h1-13H,14H2,(H,31,37)(H,32,36). The number of anilines is 1. The van der Waals surface area contributed by atoms with Crippen LogP contribution in [0.4, 0.5) is 14.6 Å².